The van der Waals surface area contributed by atoms with Crippen molar-refractivity contribution in [2.45, 2.75) is 32.3 Å². The summed E-state index contributed by atoms with van der Waals surface area (Å²) >= 11 is 0. The largest absolute Gasteiger partial charge is 0.491 e. The standard InChI is InChI=1S/C23H35N3O6/c1-2-9-29-12-13-31-21-3-4-22(19(14-21)15-24)32-17-20(27)16-25-7-8-26-23(28)18-5-10-30-11-6-18/h3-4,14,18,20,25,27H,2,5-13,16-17H2,1H3,(H,26,28). The van der Waals surface area contributed by atoms with Gasteiger partial charge in [0, 0.05) is 51.4 Å². The van der Waals surface area contributed by atoms with Gasteiger partial charge >= 0.3 is 0 Å². The molecular weight excluding hydrogens is 414 g/mol. The average Bonchev–Trinajstić information content (AvgIpc) is 2.83. The molecule has 0 aliphatic carbocycles. The van der Waals surface area contributed by atoms with Crippen LogP contribution in [0.15, 0.2) is 18.2 Å². The van der Waals surface area contributed by atoms with Gasteiger partial charge < -0.3 is 34.7 Å². The molecule has 2 rings (SSSR count). The first-order valence-electron chi connectivity index (χ1n) is 11.3. The Labute approximate surface area is 190 Å². The monoisotopic (exact) mass is 449 g/mol. The lowest BCUT2D eigenvalue weighted by Crippen LogP contribution is -2.40. The zero-order chi connectivity index (χ0) is 23.0. The van der Waals surface area contributed by atoms with Gasteiger partial charge in [-0.15, -0.1) is 0 Å². The van der Waals surface area contributed by atoms with Crippen LogP contribution in [0.1, 0.15) is 31.7 Å². The molecule has 1 unspecified atom stereocenters. The zero-order valence-corrected chi connectivity index (χ0v) is 18.8. The molecule has 0 radical (unpaired) electrons. The minimum absolute atomic E-state index is 0.0308. The molecular formula is C23H35N3O6. The fourth-order valence-electron chi connectivity index (χ4n) is 3.17. The van der Waals surface area contributed by atoms with Crippen molar-refractivity contribution in [2.75, 3.05) is 59.3 Å². The van der Waals surface area contributed by atoms with E-state index < -0.39 is 6.10 Å². The number of nitrogens with zero attached hydrogens (tertiary/aromatic N) is 1. The molecule has 3 N–H and O–H groups in total. The SMILES string of the molecule is CCCOCCOc1ccc(OCC(O)CNCCNC(=O)C2CCOCC2)c(C#N)c1. The third-order valence-corrected chi connectivity index (χ3v) is 4.92. The van der Waals surface area contributed by atoms with E-state index in [2.05, 4.69) is 16.7 Å². The van der Waals surface area contributed by atoms with E-state index in [0.717, 1.165) is 19.3 Å². The van der Waals surface area contributed by atoms with Crippen molar-refractivity contribution in [2.24, 2.45) is 5.92 Å². The maximum Gasteiger partial charge on any atom is 0.223 e. The van der Waals surface area contributed by atoms with E-state index in [1.54, 1.807) is 18.2 Å². The molecule has 32 heavy (non-hydrogen) atoms. The van der Waals surface area contributed by atoms with Gasteiger partial charge in [-0.2, -0.15) is 5.26 Å². The molecule has 9 nitrogen and oxygen atoms in total. The van der Waals surface area contributed by atoms with Crippen LogP contribution in [0.2, 0.25) is 0 Å². The first-order chi connectivity index (χ1) is 15.6. The number of aliphatic hydroxyl groups is 1. The second-order valence-electron chi connectivity index (χ2n) is 7.58. The Hall–Kier alpha value is -2.38. The molecule has 0 spiro atoms. The second-order valence-corrected chi connectivity index (χ2v) is 7.58. The maximum atomic E-state index is 12.0. The van der Waals surface area contributed by atoms with E-state index in [1.165, 1.54) is 0 Å². The number of carbonyl (C=O) groups is 1. The summed E-state index contributed by atoms with van der Waals surface area (Å²) in [5.74, 6) is 1.05. The van der Waals surface area contributed by atoms with Gasteiger partial charge in [-0.1, -0.05) is 6.92 Å². The number of hydrogen-bond acceptors (Lipinski definition) is 8. The molecule has 1 fully saturated rings. The smallest absolute Gasteiger partial charge is 0.223 e. The molecule has 1 amide bonds. The Morgan fingerprint density at radius 1 is 1.25 bits per heavy atom. The van der Waals surface area contributed by atoms with Crippen molar-refractivity contribution in [1.29, 1.82) is 5.26 Å². The van der Waals surface area contributed by atoms with Gasteiger partial charge in [0.25, 0.3) is 0 Å². The first-order valence-corrected chi connectivity index (χ1v) is 11.3. The van der Waals surface area contributed by atoms with Gasteiger partial charge in [-0.05, 0) is 31.4 Å². The third-order valence-electron chi connectivity index (χ3n) is 4.92. The van der Waals surface area contributed by atoms with Gasteiger partial charge in [0.2, 0.25) is 5.91 Å². The number of aliphatic hydroxyl groups excluding tert-OH is 1. The van der Waals surface area contributed by atoms with Crippen LogP contribution in [0.25, 0.3) is 0 Å². The van der Waals surface area contributed by atoms with E-state index in [0.29, 0.717) is 69.7 Å². The van der Waals surface area contributed by atoms with Gasteiger partial charge in [-0.3, -0.25) is 4.79 Å². The van der Waals surface area contributed by atoms with E-state index in [4.69, 9.17) is 18.9 Å². The van der Waals surface area contributed by atoms with Crippen molar-refractivity contribution in [3.05, 3.63) is 23.8 Å². The summed E-state index contributed by atoms with van der Waals surface area (Å²) in [6.45, 7) is 6.31. The van der Waals surface area contributed by atoms with Gasteiger partial charge in [0.1, 0.15) is 36.9 Å². The number of benzene rings is 1. The highest BCUT2D eigenvalue weighted by Crippen LogP contribution is 2.23. The summed E-state index contributed by atoms with van der Waals surface area (Å²) in [6, 6.07) is 7.08. The third kappa shape index (κ3) is 9.83. The summed E-state index contributed by atoms with van der Waals surface area (Å²) in [7, 11) is 0. The predicted octanol–water partition coefficient (Wildman–Crippen LogP) is 1.24. The average molecular weight is 450 g/mol. The van der Waals surface area contributed by atoms with Crippen LogP contribution in [-0.2, 0) is 14.3 Å². The van der Waals surface area contributed by atoms with E-state index >= 15 is 0 Å². The van der Waals surface area contributed by atoms with Crippen molar-refractivity contribution >= 4 is 5.91 Å². The molecule has 1 aliphatic rings. The molecule has 1 heterocycles. The first kappa shape index (κ1) is 25.9. The summed E-state index contributed by atoms with van der Waals surface area (Å²) in [6.07, 6.45) is 1.74. The topological polar surface area (TPSA) is 122 Å². The Kier molecular flexibility index (Phi) is 12.5. The quantitative estimate of drug-likeness (QED) is 0.342. The zero-order valence-electron chi connectivity index (χ0n) is 18.8. The van der Waals surface area contributed by atoms with Crippen LogP contribution in [-0.4, -0.2) is 76.4 Å². The normalized spacial score (nSPS) is 15.0. The molecule has 1 atom stereocenters. The van der Waals surface area contributed by atoms with Gasteiger partial charge in [0.15, 0.2) is 0 Å². The number of amides is 1. The minimum Gasteiger partial charge on any atom is -0.491 e. The Balaban J connectivity index is 1.61. The molecule has 178 valence electrons. The van der Waals surface area contributed by atoms with Crippen molar-refractivity contribution in [3.63, 3.8) is 0 Å². The minimum atomic E-state index is -0.751. The van der Waals surface area contributed by atoms with Crippen LogP contribution in [0, 0.1) is 17.2 Å². The lowest BCUT2D eigenvalue weighted by atomic mass is 9.99. The highest BCUT2D eigenvalue weighted by atomic mass is 16.5. The molecule has 1 aromatic carbocycles. The lowest BCUT2D eigenvalue weighted by Gasteiger charge is -2.21. The lowest BCUT2D eigenvalue weighted by molar-refractivity contribution is -0.127. The fourth-order valence-corrected chi connectivity index (χ4v) is 3.17. The molecule has 9 heteroatoms. The summed E-state index contributed by atoms with van der Waals surface area (Å²) in [4.78, 5) is 12.0. The van der Waals surface area contributed by atoms with Crippen molar-refractivity contribution < 1.29 is 28.8 Å². The van der Waals surface area contributed by atoms with Gasteiger partial charge in [0.05, 0.1) is 12.2 Å². The predicted molar refractivity (Wildman–Crippen MR) is 119 cm³/mol. The fraction of sp³-hybridized carbons (Fsp3) is 0.652. The van der Waals surface area contributed by atoms with Crippen molar-refractivity contribution in [3.8, 4) is 17.6 Å². The van der Waals surface area contributed by atoms with Crippen LogP contribution in [0.5, 0.6) is 11.5 Å². The molecule has 1 aliphatic heterocycles. The Bertz CT molecular complexity index is 718. The second kappa shape index (κ2) is 15.4. The number of carbonyl (C=O) groups excluding carboxylic acids is 1. The number of rotatable bonds is 15. The molecule has 1 aromatic rings. The summed E-state index contributed by atoms with van der Waals surface area (Å²) in [5, 5.41) is 25.5. The van der Waals surface area contributed by atoms with E-state index in [-0.39, 0.29) is 18.4 Å². The number of ether oxygens (including phenoxy) is 4. The van der Waals surface area contributed by atoms with Crippen molar-refractivity contribution in [1.82, 2.24) is 10.6 Å². The van der Waals surface area contributed by atoms with E-state index in [1.807, 2.05) is 6.92 Å². The highest BCUT2D eigenvalue weighted by molar-refractivity contribution is 5.78. The van der Waals surface area contributed by atoms with Crippen LogP contribution in [0.4, 0.5) is 0 Å². The van der Waals surface area contributed by atoms with E-state index in [9.17, 15) is 15.2 Å². The summed E-state index contributed by atoms with van der Waals surface area (Å²) < 4.78 is 21.8. The molecule has 0 aromatic heterocycles. The Morgan fingerprint density at radius 3 is 2.81 bits per heavy atom. The van der Waals surface area contributed by atoms with Crippen LogP contribution in [0.3, 0.4) is 0 Å². The van der Waals surface area contributed by atoms with Crippen LogP contribution >= 0.6 is 0 Å². The number of nitrogens with one attached hydrogen (secondary N) is 2. The molecule has 0 saturated carbocycles. The number of hydrogen-bond donors (Lipinski definition) is 3. The summed E-state index contributed by atoms with van der Waals surface area (Å²) in [5.41, 5.74) is 0.341. The maximum absolute atomic E-state index is 12.0. The number of nitriles is 1. The Morgan fingerprint density at radius 2 is 2.06 bits per heavy atom. The van der Waals surface area contributed by atoms with Crippen LogP contribution < -0.4 is 20.1 Å². The molecule has 1 saturated heterocycles. The van der Waals surface area contributed by atoms with Gasteiger partial charge in [-0.25, -0.2) is 0 Å². The highest BCUT2D eigenvalue weighted by Gasteiger charge is 2.20. The molecule has 0 bridgehead atoms.